The van der Waals surface area contributed by atoms with Crippen LogP contribution in [-0.4, -0.2) is 18.0 Å². The summed E-state index contributed by atoms with van der Waals surface area (Å²) in [5.74, 6) is -0.178. The number of hydrogen-bond acceptors (Lipinski definition) is 2. The Morgan fingerprint density at radius 1 is 1.26 bits per heavy atom. The second kappa shape index (κ2) is 7.95. The van der Waals surface area contributed by atoms with Crippen molar-refractivity contribution in [1.82, 2.24) is 5.32 Å². The summed E-state index contributed by atoms with van der Waals surface area (Å²) < 4.78 is 0. The van der Waals surface area contributed by atoms with E-state index in [-0.39, 0.29) is 23.9 Å². The minimum atomic E-state index is -0.358. The average molecular weight is 326 g/mol. The van der Waals surface area contributed by atoms with Crippen molar-refractivity contribution in [3.05, 3.63) is 33.8 Å². The fourth-order valence-electron chi connectivity index (χ4n) is 1.72. The van der Waals surface area contributed by atoms with Gasteiger partial charge in [-0.05, 0) is 31.0 Å². The van der Waals surface area contributed by atoms with Gasteiger partial charge in [-0.15, -0.1) is 12.4 Å². The van der Waals surface area contributed by atoms with Crippen LogP contribution in [0.1, 0.15) is 37.0 Å². The van der Waals surface area contributed by atoms with E-state index >= 15 is 0 Å². The van der Waals surface area contributed by atoms with Crippen LogP contribution in [0, 0.1) is 0 Å². The van der Waals surface area contributed by atoms with Crippen molar-refractivity contribution in [1.29, 1.82) is 0 Å². The van der Waals surface area contributed by atoms with Crippen LogP contribution in [0.4, 0.5) is 0 Å². The minimum Gasteiger partial charge on any atom is -0.345 e. The monoisotopic (exact) mass is 324 g/mol. The first-order valence-electron chi connectivity index (χ1n) is 5.95. The number of benzene rings is 1. The highest BCUT2D eigenvalue weighted by Gasteiger charge is 2.26. The minimum absolute atomic E-state index is 0. The summed E-state index contributed by atoms with van der Waals surface area (Å²) in [6, 6.07) is 4.82. The van der Waals surface area contributed by atoms with E-state index in [1.165, 1.54) is 0 Å². The van der Waals surface area contributed by atoms with Gasteiger partial charge in [-0.25, -0.2) is 0 Å². The van der Waals surface area contributed by atoms with Gasteiger partial charge in [0.1, 0.15) is 0 Å². The lowest BCUT2D eigenvalue weighted by molar-refractivity contribution is 0.0895. The molecule has 0 aromatic heterocycles. The highest BCUT2D eigenvalue weighted by molar-refractivity contribution is 6.42. The Bertz CT molecular complexity index is 426. The summed E-state index contributed by atoms with van der Waals surface area (Å²) in [6.45, 7) is 4.42. The van der Waals surface area contributed by atoms with E-state index in [4.69, 9.17) is 28.9 Å². The van der Waals surface area contributed by atoms with Crippen LogP contribution in [0.3, 0.4) is 0 Å². The van der Waals surface area contributed by atoms with E-state index < -0.39 is 0 Å². The van der Waals surface area contributed by atoms with Crippen LogP contribution < -0.4 is 11.1 Å². The third-order valence-corrected chi connectivity index (χ3v) is 4.04. The SMILES string of the molecule is CCC(CC)(CN)NC(=O)c1ccc(Cl)c(Cl)c1.Cl. The molecule has 1 amide bonds. The van der Waals surface area contributed by atoms with Crippen molar-refractivity contribution in [3.8, 4) is 0 Å². The molecule has 3 nitrogen and oxygen atoms in total. The molecule has 0 bridgehead atoms. The lowest BCUT2D eigenvalue weighted by Gasteiger charge is -2.31. The van der Waals surface area contributed by atoms with Gasteiger partial charge in [0.05, 0.1) is 15.6 Å². The van der Waals surface area contributed by atoms with Gasteiger partial charge in [-0.3, -0.25) is 4.79 Å². The Morgan fingerprint density at radius 3 is 2.26 bits per heavy atom. The van der Waals surface area contributed by atoms with Crippen molar-refractivity contribution in [2.45, 2.75) is 32.2 Å². The van der Waals surface area contributed by atoms with Gasteiger partial charge >= 0.3 is 0 Å². The maximum atomic E-state index is 12.1. The summed E-state index contributed by atoms with van der Waals surface area (Å²) in [4.78, 5) is 12.1. The van der Waals surface area contributed by atoms with Gasteiger partial charge in [-0.2, -0.15) is 0 Å². The highest BCUT2D eigenvalue weighted by atomic mass is 35.5. The molecule has 0 fully saturated rings. The Hall–Kier alpha value is -0.480. The quantitative estimate of drug-likeness (QED) is 0.868. The number of nitrogens with one attached hydrogen (secondary N) is 1. The number of rotatable bonds is 5. The molecule has 0 aliphatic rings. The molecule has 108 valence electrons. The van der Waals surface area contributed by atoms with E-state index in [0.717, 1.165) is 12.8 Å². The smallest absolute Gasteiger partial charge is 0.251 e. The molecular weight excluding hydrogens is 307 g/mol. The Labute approximate surface area is 130 Å². The van der Waals surface area contributed by atoms with Crippen LogP contribution >= 0.6 is 35.6 Å². The molecule has 0 saturated carbocycles. The Kier molecular flexibility index (Phi) is 7.75. The number of carbonyl (C=O) groups is 1. The van der Waals surface area contributed by atoms with Gasteiger partial charge in [0.25, 0.3) is 5.91 Å². The zero-order valence-corrected chi connectivity index (χ0v) is 13.3. The van der Waals surface area contributed by atoms with Gasteiger partial charge < -0.3 is 11.1 Å². The van der Waals surface area contributed by atoms with Crippen LogP contribution in [0.2, 0.25) is 10.0 Å². The molecule has 0 radical (unpaired) electrons. The van der Waals surface area contributed by atoms with Crippen molar-refractivity contribution < 1.29 is 4.79 Å². The van der Waals surface area contributed by atoms with E-state index in [2.05, 4.69) is 5.32 Å². The third kappa shape index (κ3) is 4.53. The van der Waals surface area contributed by atoms with Crippen molar-refractivity contribution >= 4 is 41.5 Å². The fraction of sp³-hybridized carbons (Fsp3) is 0.462. The van der Waals surface area contributed by atoms with Crippen molar-refractivity contribution in [2.24, 2.45) is 5.73 Å². The van der Waals surface area contributed by atoms with E-state index in [0.29, 0.717) is 22.2 Å². The van der Waals surface area contributed by atoms with Gasteiger partial charge in [0.15, 0.2) is 0 Å². The maximum absolute atomic E-state index is 12.1. The van der Waals surface area contributed by atoms with Gasteiger partial charge in [0, 0.05) is 12.1 Å². The Balaban J connectivity index is 0.00000324. The predicted octanol–water partition coefficient (Wildman–Crippen LogP) is 3.66. The van der Waals surface area contributed by atoms with Crippen molar-refractivity contribution in [2.75, 3.05) is 6.54 Å². The van der Waals surface area contributed by atoms with E-state index in [9.17, 15) is 4.79 Å². The zero-order chi connectivity index (χ0) is 13.8. The molecule has 0 aliphatic carbocycles. The predicted molar refractivity (Wildman–Crippen MR) is 83.5 cm³/mol. The van der Waals surface area contributed by atoms with Crippen LogP contribution in [0.5, 0.6) is 0 Å². The number of carbonyl (C=O) groups excluding carboxylic acids is 1. The molecule has 0 unspecified atom stereocenters. The van der Waals surface area contributed by atoms with Crippen molar-refractivity contribution in [3.63, 3.8) is 0 Å². The molecule has 0 heterocycles. The molecule has 1 aromatic rings. The number of amides is 1. The first kappa shape index (κ1) is 18.5. The zero-order valence-electron chi connectivity index (χ0n) is 11.0. The molecule has 3 N–H and O–H groups in total. The average Bonchev–Trinajstić information content (AvgIpc) is 2.39. The second-order valence-electron chi connectivity index (χ2n) is 4.27. The number of halogens is 3. The second-order valence-corrected chi connectivity index (χ2v) is 5.09. The molecule has 19 heavy (non-hydrogen) atoms. The van der Waals surface area contributed by atoms with Gasteiger partial charge in [-0.1, -0.05) is 37.0 Å². The standard InChI is InChI=1S/C13H18Cl2N2O.ClH/c1-3-13(4-2,8-16)17-12(18)9-5-6-10(14)11(15)7-9;/h5-7H,3-4,8,16H2,1-2H3,(H,17,18);1H. The summed E-state index contributed by atoms with van der Waals surface area (Å²) in [7, 11) is 0. The number of hydrogen-bond donors (Lipinski definition) is 2. The largest absolute Gasteiger partial charge is 0.345 e. The highest BCUT2D eigenvalue weighted by Crippen LogP contribution is 2.23. The first-order valence-corrected chi connectivity index (χ1v) is 6.71. The normalized spacial score (nSPS) is 10.8. The summed E-state index contributed by atoms with van der Waals surface area (Å²) in [6.07, 6.45) is 1.57. The molecular formula is C13H19Cl3N2O. The summed E-state index contributed by atoms with van der Waals surface area (Å²) in [5.41, 5.74) is 5.88. The number of nitrogens with two attached hydrogens (primary N) is 1. The lowest BCUT2D eigenvalue weighted by Crippen LogP contribution is -2.52. The Morgan fingerprint density at radius 2 is 1.84 bits per heavy atom. The molecule has 1 aromatic carbocycles. The summed E-state index contributed by atoms with van der Waals surface area (Å²) in [5, 5.41) is 3.78. The topological polar surface area (TPSA) is 55.1 Å². The van der Waals surface area contributed by atoms with Crippen LogP contribution in [0.15, 0.2) is 18.2 Å². The molecule has 0 spiro atoms. The molecule has 0 saturated heterocycles. The lowest BCUT2D eigenvalue weighted by atomic mass is 9.92. The molecule has 1 rings (SSSR count). The van der Waals surface area contributed by atoms with Crippen LogP contribution in [-0.2, 0) is 0 Å². The molecule has 0 aliphatic heterocycles. The molecule has 0 atom stereocenters. The first-order chi connectivity index (χ1) is 8.48. The van der Waals surface area contributed by atoms with E-state index in [1.807, 2.05) is 13.8 Å². The maximum Gasteiger partial charge on any atom is 0.251 e. The van der Waals surface area contributed by atoms with Gasteiger partial charge in [0.2, 0.25) is 0 Å². The van der Waals surface area contributed by atoms with E-state index in [1.54, 1.807) is 18.2 Å². The fourth-order valence-corrected chi connectivity index (χ4v) is 2.01. The summed E-state index contributed by atoms with van der Waals surface area (Å²) >= 11 is 11.7. The third-order valence-electron chi connectivity index (χ3n) is 3.30. The van der Waals surface area contributed by atoms with Crippen LogP contribution in [0.25, 0.3) is 0 Å². The molecule has 6 heteroatoms.